The smallest absolute Gasteiger partial charge is 0.261 e. The van der Waals surface area contributed by atoms with E-state index in [1.165, 1.54) is 42.5 Å². The Labute approximate surface area is 250 Å². The van der Waals surface area contributed by atoms with E-state index in [2.05, 4.69) is 15.2 Å². The Morgan fingerprint density at radius 1 is 0.854 bits per heavy atom. The molecule has 41 heavy (non-hydrogen) atoms. The zero-order valence-electron chi connectivity index (χ0n) is 21.0. The number of hydrogen-bond donors (Lipinski definition) is 2. The molecule has 0 bridgehead atoms. The average molecular weight is 629 g/mol. The molecule has 1 aromatic heterocycles. The van der Waals surface area contributed by atoms with Crippen LogP contribution in [-0.4, -0.2) is 19.5 Å². The zero-order valence-corrected chi connectivity index (χ0v) is 24.1. The van der Waals surface area contributed by atoms with Crippen LogP contribution in [0.1, 0.15) is 16.1 Å². The summed E-state index contributed by atoms with van der Waals surface area (Å²) in [4.78, 5) is 13.0. The van der Waals surface area contributed by atoms with Crippen molar-refractivity contribution in [1.29, 1.82) is 0 Å². The molecule has 2 N–H and O–H groups in total. The van der Waals surface area contributed by atoms with E-state index >= 15 is 0 Å². The molecule has 0 aliphatic rings. The normalized spacial score (nSPS) is 11.2. The number of sulfonamides is 1. The second kappa shape index (κ2) is 12.2. The Bertz CT molecular complexity index is 1810. The maximum absolute atomic E-state index is 13.2. The van der Waals surface area contributed by atoms with Gasteiger partial charge in [0.05, 0.1) is 27.7 Å². The Balaban J connectivity index is 1.28. The van der Waals surface area contributed by atoms with Crippen molar-refractivity contribution in [1.82, 2.24) is 10.5 Å². The van der Waals surface area contributed by atoms with Gasteiger partial charge >= 0.3 is 0 Å². The fraction of sp³-hybridized carbons (Fsp3) is 0.0345. The largest absolute Gasteiger partial charge is 0.456 e. The summed E-state index contributed by atoms with van der Waals surface area (Å²) in [6.45, 7) is 0.0293. The fourth-order valence-electron chi connectivity index (χ4n) is 3.75. The van der Waals surface area contributed by atoms with Crippen molar-refractivity contribution < 1.29 is 22.5 Å². The minimum atomic E-state index is -4.07. The van der Waals surface area contributed by atoms with Gasteiger partial charge in [0.25, 0.3) is 15.9 Å². The van der Waals surface area contributed by atoms with Crippen LogP contribution < -0.4 is 14.8 Å². The third kappa shape index (κ3) is 7.01. The third-order valence-electron chi connectivity index (χ3n) is 5.79. The van der Waals surface area contributed by atoms with Crippen LogP contribution in [0.25, 0.3) is 11.3 Å². The zero-order chi connectivity index (χ0) is 29.0. The summed E-state index contributed by atoms with van der Waals surface area (Å²) in [6.07, 6.45) is 0. The number of carbonyl (C=O) groups excluding carboxylic acids is 1. The van der Waals surface area contributed by atoms with Crippen LogP contribution in [0, 0.1) is 0 Å². The molecule has 0 spiro atoms. The number of nitrogens with one attached hydrogen (secondary N) is 2. The van der Waals surface area contributed by atoms with Gasteiger partial charge in [0.1, 0.15) is 17.2 Å². The summed E-state index contributed by atoms with van der Waals surface area (Å²) < 4.78 is 39.9. The number of para-hydroxylation sites is 1. The SMILES string of the molecule is O=C(NCc1cc(-c2ccc(Cl)cc2)on1)c1cc(Cl)ccc1NS(=O)(=O)c1ccc(Oc2ccccc2Cl)cc1. The van der Waals surface area contributed by atoms with Crippen LogP contribution in [0.4, 0.5) is 5.69 Å². The molecule has 5 rings (SSSR count). The third-order valence-corrected chi connectivity index (χ3v) is 7.97. The predicted molar refractivity (Wildman–Crippen MR) is 158 cm³/mol. The van der Waals surface area contributed by atoms with Crippen molar-refractivity contribution in [3.05, 3.63) is 123 Å². The molecule has 0 aliphatic carbocycles. The van der Waals surface area contributed by atoms with Crippen LogP contribution in [0.3, 0.4) is 0 Å². The highest BCUT2D eigenvalue weighted by atomic mass is 35.5. The van der Waals surface area contributed by atoms with Gasteiger partial charge in [-0.1, -0.05) is 52.1 Å². The van der Waals surface area contributed by atoms with Crippen LogP contribution in [-0.2, 0) is 16.6 Å². The van der Waals surface area contributed by atoms with Gasteiger partial charge < -0.3 is 14.6 Å². The van der Waals surface area contributed by atoms with Crippen molar-refractivity contribution in [3.8, 4) is 22.8 Å². The van der Waals surface area contributed by atoms with Crippen molar-refractivity contribution in [3.63, 3.8) is 0 Å². The van der Waals surface area contributed by atoms with Crippen molar-refractivity contribution in [2.24, 2.45) is 0 Å². The Hall–Kier alpha value is -4.02. The van der Waals surface area contributed by atoms with Crippen LogP contribution >= 0.6 is 34.8 Å². The predicted octanol–water partition coefficient (Wildman–Crippen LogP) is 7.82. The van der Waals surface area contributed by atoms with Crippen molar-refractivity contribution in [2.75, 3.05) is 4.72 Å². The summed E-state index contributed by atoms with van der Waals surface area (Å²) in [6, 6.07) is 25.7. The molecule has 0 aliphatic heterocycles. The molecule has 0 radical (unpaired) electrons. The lowest BCUT2D eigenvalue weighted by Crippen LogP contribution is -2.25. The number of halogens is 3. The van der Waals surface area contributed by atoms with Gasteiger partial charge in [-0.2, -0.15) is 0 Å². The molecule has 1 amide bonds. The second-order valence-corrected chi connectivity index (χ2v) is 11.6. The molecule has 5 aromatic rings. The van der Waals surface area contributed by atoms with E-state index in [4.69, 9.17) is 44.1 Å². The Morgan fingerprint density at radius 3 is 2.29 bits per heavy atom. The van der Waals surface area contributed by atoms with Crippen LogP contribution in [0.2, 0.25) is 15.1 Å². The Morgan fingerprint density at radius 2 is 1.56 bits per heavy atom. The number of amides is 1. The molecule has 1 heterocycles. The van der Waals surface area contributed by atoms with Gasteiger partial charge in [-0.15, -0.1) is 0 Å². The van der Waals surface area contributed by atoms with Gasteiger partial charge in [0, 0.05) is 21.7 Å². The summed E-state index contributed by atoms with van der Waals surface area (Å²) in [7, 11) is -4.07. The molecule has 0 saturated carbocycles. The first-order valence-corrected chi connectivity index (χ1v) is 14.6. The topological polar surface area (TPSA) is 111 Å². The monoisotopic (exact) mass is 627 g/mol. The van der Waals surface area contributed by atoms with E-state index in [-0.39, 0.29) is 27.7 Å². The molecule has 0 saturated heterocycles. The highest BCUT2D eigenvalue weighted by molar-refractivity contribution is 7.92. The van der Waals surface area contributed by atoms with Crippen LogP contribution in [0.5, 0.6) is 11.5 Å². The summed E-state index contributed by atoms with van der Waals surface area (Å²) in [5.41, 5.74) is 1.31. The molecule has 0 fully saturated rings. The highest BCUT2D eigenvalue weighted by Crippen LogP contribution is 2.30. The van der Waals surface area contributed by atoms with Crippen molar-refractivity contribution >= 4 is 56.4 Å². The lowest BCUT2D eigenvalue weighted by atomic mass is 10.1. The lowest BCUT2D eigenvalue weighted by molar-refractivity contribution is 0.0951. The lowest BCUT2D eigenvalue weighted by Gasteiger charge is -2.13. The number of carbonyl (C=O) groups is 1. The van der Waals surface area contributed by atoms with E-state index in [0.717, 1.165) is 5.56 Å². The van der Waals surface area contributed by atoms with Gasteiger partial charge in [0.2, 0.25) is 0 Å². The first-order chi connectivity index (χ1) is 19.7. The molecule has 0 atom stereocenters. The quantitative estimate of drug-likeness (QED) is 0.172. The molecule has 0 unspecified atom stereocenters. The Kier molecular flexibility index (Phi) is 8.51. The van der Waals surface area contributed by atoms with Gasteiger partial charge in [-0.25, -0.2) is 8.42 Å². The van der Waals surface area contributed by atoms with E-state index in [9.17, 15) is 13.2 Å². The van der Waals surface area contributed by atoms with Gasteiger partial charge in [-0.3, -0.25) is 9.52 Å². The maximum Gasteiger partial charge on any atom is 0.261 e. The van der Waals surface area contributed by atoms with Crippen molar-refractivity contribution in [2.45, 2.75) is 11.4 Å². The molecule has 12 heteroatoms. The molecular formula is C29H20Cl3N3O5S. The van der Waals surface area contributed by atoms with E-state index in [1.807, 2.05) is 0 Å². The van der Waals surface area contributed by atoms with Crippen LogP contribution in [0.15, 0.2) is 106 Å². The number of nitrogens with zero attached hydrogens (tertiary/aromatic N) is 1. The van der Waals surface area contributed by atoms with Gasteiger partial charge in [0.15, 0.2) is 5.76 Å². The van der Waals surface area contributed by atoms with E-state index in [1.54, 1.807) is 54.6 Å². The first kappa shape index (κ1) is 28.5. The van der Waals surface area contributed by atoms with E-state index in [0.29, 0.717) is 33.0 Å². The number of anilines is 1. The number of ether oxygens (including phenoxy) is 1. The first-order valence-electron chi connectivity index (χ1n) is 12.0. The molecule has 208 valence electrons. The number of benzene rings is 4. The number of rotatable bonds is 9. The number of hydrogen-bond acceptors (Lipinski definition) is 6. The minimum absolute atomic E-state index is 0.0289. The van der Waals surface area contributed by atoms with E-state index < -0.39 is 15.9 Å². The summed E-state index contributed by atoms with van der Waals surface area (Å²) >= 11 is 18.2. The standard InChI is InChI=1S/C29H20Cl3N3O5S/c30-19-7-5-18(6-8-19)28-16-21(34-40-28)17-33-29(36)24-15-20(31)9-14-26(24)35-41(37,38)23-12-10-22(11-13-23)39-27-4-2-1-3-25(27)32/h1-16,35H,17H2,(H,33,36). The minimum Gasteiger partial charge on any atom is -0.456 e. The average Bonchev–Trinajstić information content (AvgIpc) is 3.44. The summed E-state index contributed by atoms with van der Waals surface area (Å²) in [5, 5.41) is 7.96. The van der Waals surface area contributed by atoms with Gasteiger partial charge in [-0.05, 0) is 78.9 Å². The maximum atomic E-state index is 13.2. The highest BCUT2D eigenvalue weighted by Gasteiger charge is 2.20. The molecular weight excluding hydrogens is 609 g/mol. The second-order valence-electron chi connectivity index (χ2n) is 8.67. The fourth-order valence-corrected chi connectivity index (χ4v) is 5.30. The molecule has 4 aromatic carbocycles. The summed E-state index contributed by atoms with van der Waals surface area (Å²) in [5.74, 6) is 0.775. The molecule has 8 nitrogen and oxygen atoms in total. The number of aromatic nitrogens is 1.